The molecule has 2 aliphatic rings. The van der Waals surface area contributed by atoms with Gasteiger partial charge in [0.15, 0.2) is 5.79 Å². The lowest BCUT2D eigenvalue weighted by Gasteiger charge is -2.41. The molecule has 3 atom stereocenters. The molecule has 2 amide bonds. The van der Waals surface area contributed by atoms with Crippen LogP contribution in [0.15, 0.2) is 72.8 Å². The average Bonchev–Trinajstić information content (AvgIpc) is 3.74. The summed E-state index contributed by atoms with van der Waals surface area (Å²) in [4.78, 5) is 42.6. The minimum Gasteiger partial charge on any atom is -0.479 e. The molecule has 10 heteroatoms. The third-order valence-electron chi connectivity index (χ3n) is 10.4. The minimum atomic E-state index is -2.59. The van der Waals surface area contributed by atoms with E-state index in [9.17, 15) is 24.6 Å². The molecule has 2 aliphatic heterocycles. The lowest BCUT2D eigenvalue weighted by molar-refractivity contribution is -0.175. The number of imide groups is 1. The van der Waals surface area contributed by atoms with Crippen molar-refractivity contribution in [3.8, 4) is 0 Å². The Labute approximate surface area is 314 Å². The molecular weight excluding hydrogens is 679 g/mol. The first-order valence-corrected chi connectivity index (χ1v) is 19.9. The largest absolute Gasteiger partial charge is 0.479 e. The molecule has 0 saturated carbocycles. The van der Waals surface area contributed by atoms with Gasteiger partial charge in [-0.25, -0.2) is 4.79 Å². The molecule has 2 N–H and O–H groups in total. The van der Waals surface area contributed by atoms with Gasteiger partial charge in [-0.3, -0.25) is 14.5 Å². The quantitative estimate of drug-likeness (QED) is 0.0903. The van der Waals surface area contributed by atoms with Crippen LogP contribution in [0, 0.1) is 11.8 Å². The summed E-state index contributed by atoms with van der Waals surface area (Å²) in [5.41, 5.74) is -0.879. The number of hydrogen-bond donors (Lipinski definition) is 2. The normalized spacial score (nSPS) is 20.1. The van der Waals surface area contributed by atoms with E-state index >= 15 is 0 Å². The van der Waals surface area contributed by atoms with Crippen LogP contribution in [0.25, 0.3) is 0 Å². The molecule has 0 bridgehead atoms. The summed E-state index contributed by atoms with van der Waals surface area (Å²) in [5.74, 6) is -4.59. The molecule has 2 aromatic carbocycles. The van der Waals surface area contributed by atoms with E-state index in [1.165, 1.54) is 43.8 Å². The van der Waals surface area contributed by atoms with Crippen LogP contribution in [-0.2, 0) is 28.5 Å². The van der Waals surface area contributed by atoms with Crippen LogP contribution >= 0.6 is 11.8 Å². The average molecular weight is 738 g/mol. The van der Waals surface area contributed by atoms with Crippen molar-refractivity contribution >= 4 is 28.9 Å². The summed E-state index contributed by atoms with van der Waals surface area (Å²) in [6.07, 6.45) is 15.3. The SMILES string of the molecule is CCCCCCCC1(CCCCCCC=C[C@H](C(=O)N2C(=O)SC(c3ccccc3)(c3ccccc3)C2C(C)C)[C@@](O)(COC)C(=O)O)OCCO1. The highest BCUT2D eigenvalue weighted by Gasteiger charge is 2.60. The van der Waals surface area contributed by atoms with E-state index in [1.54, 1.807) is 6.08 Å². The van der Waals surface area contributed by atoms with Gasteiger partial charge >= 0.3 is 5.97 Å². The Kier molecular flexibility index (Phi) is 16.0. The second-order valence-electron chi connectivity index (χ2n) is 14.5. The zero-order valence-electron chi connectivity index (χ0n) is 31.5. The molecule has 4 rings (SSSR count). The van der Waals surface area contributed by atoms with Gasteiger partial charge in [-0.15, -0.1) is 0 Å². The fourth-order valence-corrected chi connectivity index (χ4v) is 9.37. The zero-order chi connectivity index (χ0) is 37.6. The molecule has 52 heavy (non-hydrogen) atoms. The van der Waals surface area contributed by atoms with Crippen LogP contribution in [-0.4, -0.2) is 76.6 Å². The smallest absolute Gasteiger partial charge is 0.339 e. The monoisotopic (exact) mass is 737 g/mol. The maximum atomic E-state index is 14.7. The van der Waals surface area contributed by atoms with Gasteiger partial charge in [-0.05, 0) is 54.5 Å². The number of methoxy groups -OCH3 is 1. The first-order valence-electron chi connectivity index (χ1n) is 19.1. The third-order valence-corrected chi connectivity index (χ3v) is 11.8. The van der Waals surface area contributed by atoms with Gasteiger partial charge in [0.05, 0.1) is 36.5 Å². The number of aliphatic carboxylic acids is 1. The number of hydrogen-bond acceptors (Lipinski definition) is 8. The van der Waals surface area contributed by atoms with Crippen molar-refractivity contribution in [2.24, 2.45) is 11.8 Å². The fourth-order valence-electron chi connectivity index (χ4n) is 7.79. The predicted molar refractivity (Wildman–Crippen MR) is 205 cm³/mol. The highest BCUT2D eigenvalue weighted by Crippen LogP contribution is 2.56. The van der Waals surface area contributed by atoms with Crippen molar-refractivity contribution in [3.05, 3.63) is 83.9 Å². The second kappa shape index (κ2) is 19.9. The lowest BCUT2D eigenvalue weighted by Crippen LogP contribution is -2.58. The minimum absolute atomic E-state index is 0.214. The van der Waals surface area contributed by atoms with E-state index < -0.39 is 51.8 Å². The number of thioether (sulfide) groups is 1. The third kappa shape index (κ3) is 9.74. The first kappa shape index (κ1) is 41.7. The molecule has 0 spiro atoms. The van der Waals surface area contributed by atoms with Crippen LogP contribution in [0.1, 0.15) is 109 Å². The van der Waals surface area contributed by atoms with Gasteiger partial charge in [-0.2, -0.15) is 0 Å². The van der Waals surface area contributed by atoms with E-state index in [0.29, 0.717) is 19.6 Å². The van der Waals surface area contributed by atoms with E-state index in [-0.39, 0.29) is 5.92 Å². The van der Waals surface area contributed by atoms with E-state index in [2.05, 4.69) is 6.92 Å². The molecule has 2 heterocycles. The number of ether oxygens (including phenoxy) is 3. The van der Waals surface area contributed by atoms with Crippen LogP contribution in [0.5, 0.6) is 0 Å². The number of carboxylic acids is 1. The number of carbonyl (C=O) groups is 3. The number of amides is 2. The van der Waals surface area contributed by atoms with Crippen LogP contribution in [0.3, 0.4) is 0 Å². The number of rotatable bonds is 22. The summed E-state index contributed by atoms with van der Waals surface area (Å²) >= 11 is 1.06. The maximum absolute atomic E-state index is 14.7. The number of aliphatic hydroxyl groups is 1. The van der Waals surface area contributed by atoms with E-state index in [4.69, 9.17) is 14.2 Å². The van der Waals surface area contributed by atoms with Crippen molar-refractivity contribution in [2.45, 2.75) is 120 Å². The fraction of sp³-hybridized carbons (Fsp3) is 0.595. The molecule has 2 saturated heterocycles. The molecule has 0 aromatic heterocycles. The number of benzene rings is 2. The van der Waals surface area contributed by atoms with Crippen LogP contribution in [0.4, 0.5) is 4.79 Å². The maximum Gasteiger partial charge on any atom is 0.339 e. The first-order chi connectivity index (χ1) is 25.1. The molecule has 286 valence electrons. The van der Waals surface area contributed by atoms with Crippen molar-refractivity contribution in [2.75, 3.05) is 26.9 Å². The molecule has 2 fully saturated rings. The lowest BCUT2D eigenvalue weighted by atomic mass is 9.77. The van der Waals surface area contributed by atoms with Gasteiger partial charge in [0.25, 0.3) is 5.24 Å². The van der Waals surface area contributed by atoms with Crippen LogP contribution in [0.2, 0.25) is 0 Å². The second-order valence-corrected chi connectivity index (χ2v) is 15.7. The van der Waals surface area contributed by atoms with Gasteiger partial charge in [0.2, 0.25) is 11.5 Å². The number of allylic oxidation sites excluding steroid dienone is 1. The topological polar surface area (TPSA) is 123 Å². The molecule has 9 nitrogen and oxygen atoms in total. The van der Waals surface area contributed by atoms with E-state index in [1.807, 2.05) is 74.5 Å². The molecular formula is C42H59NO8S. The van der Waals surface area contributed by atoms with Crippen molar-refractivity contribution < 1.29 is 38.8 Å². The number of unbranched alkanes of at least 4 members (excludes halogenated alkanes) is 8. The number of carboxylic acid groups (broad SMARTS) is 1. The van der Waals surface area contributed by atoms with E-state index in [0.717, 1.165) is 67.8 Å². The summed E-state index contributed by atoms with van der Waals surface area (Å²) in [6.45, 7) is 6.78. The summed E-state index contributed by atoms with van der Waals surface area (Å²) in [5, 5.41) is 21.4. The Hall–Kier alpha value is -3.02. The summed E-state index contributed by atoms with van der Waals surface area (Å²) in [7, 11) is 1.28. The van der Waals surface area contributed by atoms with Gasteiger partial charge in [0, 0.05) is 20.0 Å². The Balaban J connectivity index is 1.49. The van der Waals surface area contributed by atoms with Gasteiger partial charge in [-0.1, -0.05) is 132 Å². The summed E-state index contributed by atoms with van der Waals surface area (Å²) in [6, 6.07) is 18.6. The molecule has 0 radical (unpaired) electrons. The number of carbonyl (C=O) groups excluding carboxylic acids is 2. The highest BCUT2D eigenvalue weighted by molar-refractivity contribution is 8.15. The Morgan fingerprint density at radius 1 is 0.923 bits per heavy atom. The Morgan fingerprint density at radius 2 is 1.46 bits per heavy atom. The standard InChI is InChI=1S/C42H59NO8S/c1-5-6-7-11-20-27-40(50-29-30-51-40)28-21-12-9-8-10-19-26-35(41(48,31-49-4)38(45)46)37(44)43-36(32(2)3)42(52-39(43)47,33-22-15-13-16-23-33)34-24-17-14-18-25-34/h13-19,22-26,32,35-36,48H,5-12,20-21,27-31H2,1-4H3,(H,45,46)/t35-,36?,41+/m1/s1. The number of nitrogens with zero attached hydrogens (tertiary/aromatic N) is 1. The highest BCUT2D eigenvalue weighted by atomic mass is 32.2. The van der Waals surface area contributed by atoms with Crippen LogP contribution < -0.4 is 0 Å². The molecule has 1 unspecified atom stereocenters. The zero-order valence-corrected chi connectivity index (χ0v) is 32.3. The van der Waals surface area contributed by atoms with Crippen molar-refractivity contribution in [1.82, 2.24) is 4.90 Å². The van der Waals surface area contributed by atoms with Crippen molar-refractivity contribution in [3.63, 3.8) is 0 Å². The molecule has 0 aliphatic carbocycles. The van der Waals surface area contributed by atoms with Crippen molar-refractivity contribution in [1.29, 1.82) is 0 Å². The summed E-state index contributed by atoms with van der Waals surface area (Å²) < 4.78 is 16.3. The molecule has 2 aromatic rings. The van der Waals surface area contributed by atoms with Gasteiger partial charge < -0.3 is 24.4 Å². The predicted octanol–water partition coefficient (Wildman–Crippen LogP) is 8.73. The Morgan fingerprint density at radius 3 is 1.96 bits per heavy atom. The van der Waals surface area contributed by atoms with Gasteiger partial charge in [0.1, 0.15) is 0 Å². The Bertz CT molecular complexity index is 1400.